The molecule has 166 valence electrons. The number of carbonyl (C=O) groups excluding carboxylic acids is 4. The van der Waals surface area contributed by atoms with E-state index in [2.05, 4.69) is 10.6 Å². The van der Waals surface area contributed by atoms with Crippen LogP contribution in [0.5, 0.6) is 0 Å². The molecule has 34 heavy (non-hydrogen) atoms. The number of likely N-dealkylation sites (tertiary alicyclic amines) is 1. The van der Waals surface area contributed by atoms with Crippen molar-refractivity contribution in [3.8, 4) is 0 Å². The number of amides is 4. The van der Waals surface area contributed by atoms with E-state index in [1.54, 1.807) is 30.1 Å². The summed E-state index contributed by atoms with van der Waals surface area (Å²) in [6.45, 7) is 0.553. The van der Waals surface area contributed by atoms with Crippen LogP contribution in [0.25, 0.3) is 0 Å². The van der Waals surface area contributed by atoms with Crippen LogP contribution in [0, 0.1) is 11.3 Å². The van der Waals surface area contributed by atoms with Crippen molar-refractivity contribution in [3.05, 3.63) is 29.3 Å². The smallest absolute Gasteiger partial charge is 0.264 e. The van der Waals surface area contributed by atoms with Crippen LogP contribution in [-0.2, 0) is 9.59 Å². The maximum atomic E-state index is 13.2. The Bertz CT molecular complexity index is 1100. The Morgan fingerprint density at radius 3 is 2.38 bits per heavy atom. The molecule has 1 aromatic rings. The quantitative estimate of drug-likeness (QED) is 0.452. The second kappa shape index (κ2) is 7.51. The van der Waals surface area contributed by atoms with Crippen LogP contribution < -0.4 is 10.6 Å². The van der Waals surface area contributed by atoms with Gasteiger partial charge < -0.3 is 10.2 Å². The molecular formula is C22H22B4N4O4. The van der Waals surface area contributed by atoms with Gasteiger partial charge >= 0.3 is 0 Å². The molecule has 5 rings (SSSR count). The zero-order chi connectivity index (χ0) is 24.6. The predicted octanol–water partition coefficient (Wildman–Crippen LogP) is -0.787. The molecule has 3 aliphatic heterocycles. The van der Waals surface area contributed by atoms with Crippen molar-refractivity contribution in [2.45, 2.75) is 48.8 Å². The SMILES string of the molecule is [B]C1([B])N(C)C([B])([B])C12CC(CCNc1cccc3c1C(=O)N(C1CCC(=O)NC1=O)C3=O)C2. The van der Waals surface area contributed by atoms with E-state index in [0.29, 0.717) is 31.0 Å². The molecule has 3 heterocycles. The second-order valence-corrected chi connectivity index (χ2v) is 9.96. The standard InChI is InChI=1S/C22H22B4N4O4/c1-29-21(23,24)20(22(29,25)26)9-11(10-20)7-8-27-13-4-2-3-12-16(13)19(34)30(18(12)33)14-5-6-15(31)28-17(14)32/h2-4,11,14,27H,5-10H2,1H3,(H,28,31,32). The fourth-order valence-electron chi connectivity index (χ4n) is 6.07. The fraction of sp³-hybridized carbons (Fsp3) is 0.545. The molecule has 4 aliphatic rings. The summed E-state index contributed by atoms with van der Waals surface area (Å²) in [5.41, 5.74) is 0.473. The number of fused-ring (bicyclic) bond motifs is 1. The van der Waals surface area contributed by atoms with E-state index >= 15 is 0 Å². The molecule has 1 spiro atoms. The van der Waals surface area contributed by atoms with Gasteiger partial charge in [-0.25, -0.2) is 0 Å². The molecule has 8 radical (unpaired) electrons. The summed E-state index contributed by atoms with van der Waals surface area (Å²) in [5.74, 6) is -1.79. The number of nitrogens with one attached hydrogen (secondary N) is 2. The van der Waals surface area contributed by atoms with Crippen molar-refractivity contribution < 1.29 is 19.2 Å². The summed E-state index contributed by atoms with van der Waals surface area (Å²) in [6.07, 6.45) is 2.37. The molecule has 0 bridgehead atoms. The van der Waals surface area contributed by atoms with Crippen LogP contribution in [0.3, 0.4) is 0 Å². The first-order chi connectivity index (χ1) is 15.9. The van der Waals surface area contributed by atoms with Gasteiger partial charge in [0.05, 0.1) is 42.5 Å². The first kappa shape index (κ1) is 23.3. The van der Waals surface area contributed by atoms with Crippen LogP contribution in [0.15, 0.2) is 18.2 Å². The molecule has 1 aromatic carbocycles. The summed E-state index contributed by atoms with van der Waals surface area (Å²) < 4.78 is 0. The lowest BCUT2D eigenvalue weighted by Crippen LogP contribution is -2.90. The number of hydrogen-bond donors (Lipinski definition) is 2. The molecule has 2 saturated heterocycles. The lowest BCUT2D eigenvalue weighted by molar-refractivity contribution is -0.170. The molecule has 0 aromatic heterocycles. The van der Waals surface area contributed by atoms with E-state index in [4.69, 9.17) is 31.4 Å². The number of carbonyl (C=O) groups is 4. The van der Waals surface area contributed by atoms with Crippen LogP contribution in [0.1, 0.15) is 52.8 Å². The van der Waals surface area contributed by atoms with Gasteiger partial charge in [0.15, 0.2) is 0 Å². The summed E-state index contributed by atoms with van der Waals surface area (Å²) in [4.78, 5) is 52.4. The third-order valence-electron chi connectivity index (χ3n) is 8.25. The summed E-state index contributed by atoms with van der Waals surface area (Å²) in [6, 6.07) is 4.00. The fourth-order valence-corrected chi connectivity index (χ4v) is 6.07. The summed E-state index contributed by atoms with van der Waals surface area (Å²) in [5, 5.41) is 3.36. The third kappa shape index (κ3) is 2.93. The minimum Gasteiger partial charge on any atom is -0.384 e. The Labute approximate surface area is 203 Å². The number of nitrogens with zero attached hydrogens (tertiary/aromatic N) is 2. The van der Waals surface area contributed by atoms with E-state index < -0.39 is 45.8 Å². The minimum absolute atomic E-state index is 0.0767. The highest BCUT2D eigenvalue weighted by Gasteiger charge is 2.70. The van der Waals surface area contributed by atoms with Crippen molar-refractivity contribution in [2.24, 2.45) is 11.3 Å². The van der Waals surface area contributed by atoms with Crippen LogP contribution in [0.4, 0.5) is 5.69 Å². The van der Waals surface area contributed by atoms with Gasteiger partial charge in [0.1, 0.15) is 6.04 Å². The Kier molecular flexibility index (Phi) is 5.14. The van der Waals surface area contributed by atoms with Crippen molar-refractivity contribution in [2.75, 3.05) is 18.9 Å². The van der Waals surface area contributed by atoms with Crippen molar-refractivity contribution >= 4 is 60.7 Å². The van der Waals surface area contributed by atoms with Crippen LogP contribution in [-0.4, -0.2) is 95.1 Å². The van der Waals surface area contributed by atoms with E-state index in [9.17, 15) is 19.2 Å². The van der Waals surface area contributed by atoms with E-state index in [1.807, 2.05) is 0 Å². The average Bonchev–Trinajstić information content (AvgIpc) is 3.00. The van der Waals surface area contributed by atoms with Crippen molar-refractivity contribution in [1.82, 2.24) is 15.1 Å². The van der Waals surface area contributed by atoms with E-state index in [1.165, 1.54) is 0 Å². The van der Waals surface area contributed by atoms with Gasteiger partial charge in [0, 0.05) is 18.7 Å². The normalized spacial score (nSPS) is 27.2. The number of piperidine rings is 1. The Balaban J connectivity index is 1.24. The molecule has 1 unspecified atom stereocenters. The predicted molar refractivity (Wildman–Crippen MR) is 128 cm³/mol. The number of benzene rings is 1. The third-order valence-corrected chi connectivity index (χ3v) is 8.25. The minimum atomic E-state index is -1.05. The van der Waals surface area contributed by atoms with Crippen LogP contribution >= 0.6 is 0 Å². The molecular weight excluding hydrogens is 428 g/mol. The van der Waals surface area contributed by atoms with Gasteiger partial charge in [-0.15, -0.1) is 0 Å². The number of anilines is 1. The van der Waals surface area contributed by atoms with Gasteiger partial charge in [-0.2, -0.15) is 0 Å². The summed E-state index contributed by atoms with van der Waals surface area (Å²) in [7, 11) is 26.7. The first-order valence-electron chi connectivity index (χ1n) is 11.4. The molecule has 8 nitrogen and oxygen atoms in total. The zero-order valence-corrected chi connectivity index (χ0v) is 19.0. The molecule has 1 aliphatic carbocycles. The maximum Gasteiger partial charge on any atom is 0.264 e. The second-order valence-electron chi connectivity index (χ2n) is 9.96. The largest absolute Gasteiger partial charge is 0.384 e. The Morgan fingerprint density at radius 1 is 1.06 bits per heavy atom. The maximum absolute atomic E-state index is 13.2. The monoisotopic (exact) mass is 450 g/mol. The van der Waals surface area contributed by atoms with Gasteiger partial charge in [-0.1, -0.05) is 6.07 Å². The lowest BCUT2D eigenvalue weighted by Gasteiger charge is -2.82. The number of rotatable bonds is 5. The highest BCUT2D eigenvalue weighted by Crippen LogP contribution is 2.66. The molecule has 4 amide bonds. The van der Waals surface area contributed by atoms with Crippen LogP contribution in [0.2, 0.25) is 0 Å². The first-order valence-corrected chi connectivity index (χ1v) is 11.4. The zero-order valence-electron chi connectivity index (χ0n) is 19.0. The topological polar surface area (TPSA) is 98.8 Å². The Hall–Kier alpha value is -2.48. The van der Waals surface area contributed by atoms with E-state index in [0.717, 1.165) is 11.3 Å². The van der Waals surface area contributed by atoms with Gasteiger partial charge in [-0.05, 0) is 66.9 Å². The van der Waals surface area contributed by atoms with Crippen molar-refractivity contribution in [1.29, 1.82) is 0 Å². The van der Waals surface area contributed by atoms with E-state index in [-0.39, 0.29) is 24.0 Å². The highest BCUT2D eigenvalue weighted by atomic mass is 16.2. The summed E-state index contributed by atoms with van der Waals surface area (Å²) >= 11 is 0. The van der Waals surface area contributed by atoms with Gasteiger partial charge in [0.25, 0.3) is 11.8 Å². The molecule has 12 heteroatoms. The Morgan fingerprint density at radius 2 is 1.74 bits per heavy atom. The number of imide groups is 2. The van der Waals surface area contributed by atoms with Crippen molar-refractivity contribution in [3.63, 3.8) is 0 Å². The average molecular weight is 450 g/mol. The number of hydrogen-bond acceptors (Lipinski definition) is 6. The highest BCUT2D eigenvalue weighted by molar-refractivity contribution is 6.49. The van der Waals surface area contributed by atoms with Gasteiger partial charge in [-0.3, -0.25) is 29.4 Å². The molecule has 1 atom stereocenters. The molecule has 3 fully saturated rings. The molecule has 1 saturated carbocycles. The lowest BCUT2D eigenvalue weighted by atomic mass is 9.20. The molecule has 2 N–H and O–H groups in total. The van der Waals surface area contributed by atoms with Gasteiger partial charge in [0.2, 0.25) is 11.8 Å².